The summed E-state index contributed by atoms with van der Waals surface area (Å²) in [6.07, 6.45) is 2.80. The maximum Gasteiger partial charge on any atom is 0.251 e. The molecule has 1 aromatic carbocycles. The highest BCUT2D eigenvalue weighted by atomic mass is 35.5. The normalized spacial score (nSPS) is 13.1. The molecule has 1 rings (SSSR count). The molecular formula is C15H22ClNOS. The summed E-state index contributed by atoms with van der Waals surface area (Å²) in [6.45, 7) is 6.34. The van der Waals surface area contributed by atoms with E-state index in [0.29, 0.717) is 11.4 Å². The summed E-state index contributed by atoms with van der Waals surface area (Å²) >= 11 is 7.48. The average Bonchev–Trinajstić information content (AvgIpc) is 2.37. The van der Waals surface area contributed by atoms with E-state index in [9.17, 15) is 4.79 Å². The number of hydrogen-bond acceptors (Lipinski definition) is 2. The number of nitrogens with one attached hydrogen (secondary N) is 1. The van der Waals surface area contributed by atoms with Gasteiger partial charge in [0, 0.05) is 22.4 Å². The molecule has 0 aliphatic rings. The van der Waals surface area contributed by atoms with Gasteiger partial charge in [-0.3, -0.25) is 4.79 Å². The molecule has 0 saturated heterocycles. The molecule has 1 unspecified atom stereocenters. The van der Waals surface area contributed by atoms with Gasteiger partial charge in [0.05, 0.1) is 0 Å². The summed E-state index contributed by atoms with van der Waals surface area (Å²) in [6, 6.07) is 7.74. The Labute approximate surface area is 125 Å². The van der Waals surface area contributed by atoms with Gasteiger partial charge in [0.2, 0.25) is 0 Å². The van der Waals surface area contributed by atoms with Crippen molar-refractivity contribution in [1.82, 2.24) is 5.32 Å². The van der Waals surface area contributed by atoms with E-state index in [1.165, 1.54) is 0 Å². The first kappa shape index (κ1) is 16.4. The highest BCUT2D eigenvalue weighted by Crippen LogP contribution is 2.23. The van der Waals surface area contributed by atoms with E-state index in [-0.39, 0.29) is 17.4 Å². The summed E-state index contributed by atoms with van der Waals surface area (Å²) < 4.78 is 0. The Morgan fingerprint density at radius 3 is 2.32 bits per heavy atom. The van der Waals surface area contributed by atoms with Gasteiger partial charge in [-0.25, -0.2) is 0 Å². The minimum Gasteiger partial charge on any atom is -0.349 e. The van der Waals surface area contributed by atoms with Gasteiger partial charge in [-0.15, -0.1) is 23.4 Å². The Hall–Kier alpha value is -0.670. The number of amides is 1. The van der Waals surface area contributed by atoms with Crippen LogP contribution < -0.4 is 5.32 Å². The van der Waals surface area contributed by atoms with E-state index < -0.39 is 0 Å². The fourth-order valence-electron chi connectivity index (χ4n) is 1.81. The molecule has 0 bridgehead atoms. The lowest BCUT2D eigenvalue weighted by molar-refractivity contribution is 0.0900. The maximum absolute atomic E-state index is 12.2. The van der Waals surface area contributed by atoms with Crippen molar-refractivity contribution in [2.24, 2.45) is 5.41 Å². The van der Waals surface area contributed by atoms with Gasteiger partial charge in [0.1, 0.15) is 0 Å². The number of carbonyl (C=O) groups is 1. The molecular weight excluding hydrogens is 278 g/mol. The number of rotatable bonds is 5. The third-order valence-electron chi connectivity index (χ3n) is 3.10. The zero-order valence-electron chi connectivity index (χ0n) is 12.0. The van der Waals surface area contributed by atoms with Crippen molar-refractivity contribution in [3.05, 3.63) is 29.8 Å². The molecule has 1 aromatic rings. The van der Waals surface area contributed by atoms with Gasteiger partial charge in [-0.05, 0) is 42.4 Å². The van der Waals surface area contributed by atoms with Crippen molar-refractivity contribution in [3.8, 4) is 0 Å². The number of benzene rings is 1. The monoisotopic (exact) mass is 299 g/mol. The van der Waals surface area contributed by atoms with Gasteiger partial charge >= 0.3 is 0 Å². The topological polar surface area (TPSA) is 29.1 Å². The highest BCUT2D eigenvalue weighted by Gasteiger charge is 2.25. The number of alkyl halides is 1. The molecule has 0 aromatic heterocycles. The molecule has 1 N–H and O–H groups in total. The molecule has 106 valence electrons. The van der Waals surface area contributed by atoms with Crippen LogP contribution in [0.5, 0.6) is 0 Å². The van der Waals surface area contributed by atoms with E-state index in [1.807, 2.05) is 30.5 Å². The quantitative estimate of drug-likeness (QED) is 0.653. The standard InChI is InChI=1S/C15H22ClNOS/c1-15(2,3)13(9-10-16)17-14(18)11-5-7-12(19-4)8-6-11/h5-8,13H,9-10H2,1-4H3,(H,17,18). The van der Waals surface area contributed by atoms with E-state index in [4.69, 9.17) is 11.6 Å². The molecule has 0 aliphatic carbocycles. The first-order chi connectivity index (χ1) is 8.88. The molecule has 0 saturated carbocycles. The van der Waals surface area contributed by atoms with Crippen LogP contribution in [0.4, 0.5) is 0 Å². The van der Waals surface area contributed by atoms with E-state index in [0.717, 1.165) is 11.3 Å². The van der Waals surface area contributed by atoms with Crippen LogP contribution in [0.2, 0.25) is 0 Å². The van der Waals surface area contributed by atoms with Crippen LogP contribution in [0.25, 0.3) is 0 Å². The minimum atomic E-state index is -0.0299. The van der Waals surface area contributed by atoms with Crippen molar-refractivity contribution in [2.45, 2.75) is 38.1 Å². The summed E-state index contributed by atoms with van der Waals surface area (Å²) in [7, 11) is 0. The van der Waals surface area contributed by atoms with E-state index in [2.05, 4.69) is 26.1 Å². The van der Waals surface area contributed by atoms with Crippen LogP contribution in [0.3, 0.4) is 0 Å². The van der Waals surface area contributed by atoms with Gasteiger partial charge in [-0.2, -0.15) is 0 Å². The van der Waals surface area contributed by atoms with Gasteiger partial charge < -0.3 is 5.32 Å². The predicted octanol–water partition coefficient (Wildman–Crippen LogP) is 4.18. The summed E-state index contributed by atoms with van der Waals surface area (Å²) in [5, 5.41) is 3.08. The van der Waals surface area contributed by atoms with E-state index >= 15 is 0 Å². The molecule has 2 nitrogen and oxygen atoms in total. The number of carbonyl (C=O) groups excluding carboxylic acids is 1. The van der Waals surface area contributed by atoms with Crippen LogP contribution in [0.1, 0.15) is 37.6 Å². The third kappa shape index (κ3) is 5.07. The Kier molecular flexibility index (Phi) is 6.21. The average molecular weight is 300 g/mol. The first-order valence-corrected chi connectivity index (χ1v) is 8.15. The molecule has 0 heterocycles. The van der Waals surface area contributed by atoms with Crippen molar-refractivity contribution in [3.63, 3.8) is 0 Å². The fourth-order valence-corrected chi connectivity index (χ4v) is 2.44. The van der Waals surface area contributed by atoms with Gasteiger partial charge in [-0.1, -0.05) is 20.8 Å². The molecule has 1 atom stereocenters. The van der Waals surface area contributed by atoms with Crippen molar-refractivity contribution >= 4 is 29.3 Å². The first-order valence-electron chi connectivity index (χ1n) is 6.39. The molecule has 0 spiro atoms. The van der Waals surface area contributed by atoms with Crippen LogP contribution in [-0.4, -0.2) is 24.1 Å². The summed E-state index contributed by atoms with van der Waals surface area (Å²) in [4.78, 5) is 13.4. The number of halogens is 1. The molecule has 4 heteroatoms. The zero-order chi connectivity index (χ0) is 14.5. The van der Waals surface area contributed by atoms with Gasteiger partial charge in [0.15, 0.2) is 0 Å². The SMILES string of the molecule is CSc1ccc(C(=O)NC(CCCl)C(C)(C)C)cc1. The van der Waals surface area contributed by atoms with Crippen molar-refractivity contribution < 1.29 is 4.79 Å². The van der Waals surface area contributed by atoms with Crippen molar-refractivity contribution in [2.75, 3.05) is 12.1 Å². The van der Waals surface area contributed by atoms with Crippen molar-refractivity contribution in [1.29, 1.82) is 0 Å². The number of hydrogen-bond donors (Lipinski definition) is 1. The highest BCUT2D eigenvalue weighted by molar-refractivity contribution is 7.98. The predicted molar refractivity (Wildman–Crippen MR) is 84.3 cm³/mol. The minimum absolute atomic E-state index is 0.00373. The van der Waals surface area contributed by atoms with Crippen LogP contribution >= 0.6 is 23.4 Å². The Morgan fingerprint density at radius 2 is 1.89 bits per heavy atom. The molecule has 0 radical (unpaired) electrons. The second-order valence-electron chi connectivity index (χ2n) is 5.60. The summed E-state index contributed by atoms with van der Waals surface area (Å²) in [5.74, 6) is 0.519. The smallest absolute Gasteiger partial charge is 0.251 e. The summed E-state index contributed by atoms with van der Waals surface area (Å²) in [5.41, 5.74) is 0.700. The number of thioether (sulfide) groups is 1. The zero-order valence-corrected chi connectivity index (χ0v) is 13.6. The van der Waals surface area contributed by atoms with Crippen LogP contribution in [-0.2, 0) is 0 Å². The Balaban J connectivity index is 2.75. The Morgan fingerprint density at radius 1 is 1.32 bits per heavy atom. The molecule has 19 heavy (non-hydrogen) atoms. The molecule has 0 aliphatic heterocycles. The Bertz CT molecular complexity index is 411. The maximum atomic E-state index is 12.2. The molecule has 0 fully saturated rings. The third-order valence-corrected chi connectivity index (χ3v) is 4.06. The lowest BCUT2D eigenvalue weighted by Crippen LogP contribution is -2.44. The fraction of sp³-hybridized carbons (Fsp3) is 0.533. The second-order valence-corrected chi connectivity index (χ2v) is 6.86. The largest absolute Gasteiger partial charge is 0.349 e. The lowest BCUT2D eigenvalue weighted by Gasteiger charge is -2.31. The lowest BCUT2D eigenvalue weighted by atomic mass is 9.85. The van der Waals surface area contributed by atoms with Gasteiger partial charge in [0.25, 0.3) is 5.91 Å². The van der Waals surface area contributed by atoms with Crippen LogP contribution in [0.15, 0.2) is 29.2 Å². The second kappa shape index (κ2) is 7.20. The van der Waals surface area contributed by atoms with Crippen LogP contribution in [0, 0.1) is 5.41 Å². The van der Waals surface area contributed by atoms with E-state index in [1.54, 1.807) is 11.8 Å². The molecule has 1 amide bonds.